The highest BCUT2D eigenvalue weighted by Gasteiger charge is 2.44. The van der Waals surface area contributed by atoms with E-state index in [0.29, 0.717) is 5.56 Å². The average molecular weight is 431 g/mol. The number of para-hydroxylation sites is 1. The van der Waals surface area contributed by atoms with Crippen LogP contribution in [0.3, 0.4) is 0 Å². The average Bonchev–Trinajstić information content (AvgIpc) is 3.11. The number of hydrogen-bond acceptors (Lipinski definition) is 7. The molecule has 1 aliphatic rings. The third-order valence-corrected chi connectivity index (χ3v) is 10.4. The lowest BCUT2D eigenvalue weighted by Gasteiger charge is -2.35. The van der Waals surface area contributed by atoms with Gasteiger partial charge in [0.15, 0.2) is 14.7 Å². The maximum absolute atomic E-state index is 13.3. The lowest BCUT2D eigenvalue weighted by molar-refractivity contribution is -0.387. The summed E-state index contributed by atoms with van der Waals surface area (Å²) in [6, 6.07) is 6.10. The summed E-state index contributed by atoms with van der Waals surface area (Å²) in [5.74, 6) is 0. The van der Waals surface area contributed by atoms with E-state index in [-0.39, 0.29) is 17.2 Å². The molecule has 0 saturated heterocycles. The molecule has 1 aromatic heterocycles. The monoisotopic (exact) mass is 430 g/mol. The van der Waals surface area contributed by atoms with Gasteiger partial charge in [-0.1, -0.05) is 19.1 Å². The molecule has 0 bridgehead atoms. The highest BCUT2D eigenvalue weighted by molar-refractivity contribution is 7.94. The van der Waals surface area contributed by atoms with Crippen LogP contribution in [0.25, 0.3) is 0 Å². The molecule has 3 rings (SSSR count). The van der Waals surface area contributed by atoms with Crippen molar-refractivity contribution in [2.24, 2.45) is 0 Å². The second-order valence-corrected chi connectivity index (χ2v) is 11.5. The summed E-state index contributed by atoms with van der Waals surface area (Å²) in [7, 11) is -7.70. The molecular formula is C16H18N2O6S3. The summed E-state index contributed by atoms with van der Waals surface area (Å²) in [5, 5.41) is 12.2. The van der Waals surface area contributed by atoms with Crippen LogP contribution in [-0.4, -0.2) is 37.9 Å². The Labute approximate surface area is 161 Å². The van der Waals surface area contributed by atoms with Gasteiger partial charge in [-0.25, -0.2) is 16.8 Å². The maximum atomic E-state index is 13.3. The van der Waals surface area contributed by atoms with Crippen molar-refractivity contribution < 1.29 is 21.8 Å². The quantitative estimate of drug-likeness (QED) is 0.532. The van der Waals surface area contributed by atoms with Crippen LogP contribution in [0, 0.1) is 10.1 Å². The Hall–Kier alpha value is -1.82. The fourth-order valence-corrected chi connectivity index (χ4v) is 8.31. The molecule has 2 atom stereocenters. The van der Waals surface area contributed by atoms with E-state index < -0.39 is 46.7 Å². The molecule has 0 amide bonds. The minimum absolute atomic E-state index is 0.0566. The Kier molecular flexibility index (Phi) is 5.14. The molecule has 11 heteroatoms. The Balaban J connectivity index is 2.15. The number of sulfone groups is 1. The Bertz CT molecular complexity index is 1090. The lowest BCUT2D eigenvalue weighted by atomic mass is 10.1. The molecule has 0 fully saturated rings. The van der Waals surface area contributed by atoms with E-state index in [4.69, 9.17) is 0 Å². The van der Waals surface area contributed by atoms with Crippen LogP contribution >= 0.6 is 11.3 Å². The fourth-order valence-electron chi connectivity index (χ4n) is 3.32. The Morgan fingerprint density at radius 1 is 1.30 bits per heavy atom. The zero-order valence-electron chi connectivity index (χ0n) is 14.6. The first-order chi connectivity index (χ1) is 12.6. The summed E-state index contributed by atoms with van der Waals surface area (Å²) in [6.45, 7) is 3.24. The maximum Gasteiger partial charge on any atom is 0.289 e. The largest absolute Gasteiger partial charge is 0.289 e. The van der Waals surface area contributed by atoms with Gasteiger partial charge in [0.25, 0.3) is 5.69 Å². The number of sulfonamides is 1. The highest BCUT2D eigenvalue weighted by Crippen LogP contribution is 2.44. The summed E-state index contributed by atoms with van der Waals surface area (Å²) in [5.41, 5.74) is -0.0694. The molecule has 0 unspecified atom stereocenters. The number of nitro benzene ring substituents is 1. The van der Waals surface area contributed by atoms with Gasteiger partial charge in [0.2, 0.25) is 10.0 Å². The van der Waals surface area contributed by atoms with E-state index in [2.05, 4.69) is 0 Å². The zero-order chi connectivity index (χ0) is 20.0. The molecule has 2 aromatic rings. The van der Waals surface area contributed by atoms with E-state index in [1.807, 2.05) is 0 Å². The Morgan fingerprint density at radius 3 is 2.59 bits per heavy atom. The van der Waals surface area contributed by atoms with Gasteiger partial charge in [0.1, 0.15) is 4.21 Å². The summed E-state index contributed by atoms with van der Waals surface area (Å²) >= 11 is 1.06. The molecule has 0 saturated carbocycles. The molecule has 0 N–H and O–H groups in total. The molecule has 2 heterocycles. The molecule has 27 heavy (non-hydrogen) atoms. The lowest BCUT2D eigenvalue weighted by Crippen LogP contribution is -2.40. The number of benzene rings is 1. The van der Waals surface area contributed by atoms with E-state index in [9.17, 15) is 26.9 Å². The first-order valence-corrected chi connectivity index (χ1v) is 12.1. The Morgan fingerprint density at radius 2 is 1.96 bits per heavy atom. The summed E-state index contributed by atoms with van der Waals surface area (Å²) in [4.78, 5) is 10.2. The van der Waals surface area contributed by atoms with Crippen molar-refractivity contribution in [3.63, 3.8) is 0 Å². The fraction of sp³-hybridized carbons (Fsp3) is 0.375. The predicted molar refractivity (Wildman–Crippen MR) is 101 cm³/mol. The van der Waals surface area contributed by atoms with Gasteiger partial charge in [-0.15, -0.1) is 11.3 Å². The van der Waals surface area contributed by atoms with Crippen molar-refractivity contribution in [2.75, 3.05) is 6.54 Å². The van der Waals surface area contributed by atoms with E-state index in [0.717, 1.165) is 21.7 Å². The van der Waals surface area contributed by atoms with Gasteiger partial charge in [0, 0.05) is 12.6 Å². The van der Waals surface area contributed by atoms with Gasteiger partial charge < -0.3 is 0 Å². The van der Waals surface area contributed by atoms with Crippen molar-refractivity contribution >= 4 is 36.9 Å². The van der Waals surface area contributed by atoms with Crippen molar-refractivity contribution in [3.8, 4) is 0 Å². The van der Waals surface area contributed by atoms with Gasteiger partial charge in [0.05, 0.1) is 16.2 Å². The van der Waals surface area contributed by atoms with Gasteiger partial charge in [-0.3, -0.25) is 10.1 Å². The van der Waals surface area contributed by atoms with Crippen LogP contribution in [0.15, 0.2) is 44.8 Å². The number of hydrogen-bond donors (Lipinski definition) is 0. The minimum atomic E-state index is -4.21. The van der Waals surface area contributed by atoms with E-state index >= 15 is 0 Å². The third-order valence-electron chi connectivity index (χ3n) is 4.67. The molecule has 1 aromatic carbocycles. The van der Waals surface area contributed by atoms with Crippen molar-refractivity contribution in [2.45, 2.75) is 40.7 Å². The number of nitro groups is 1. The molecule has 0 radical (unpaired) electrons. The molecular weight excluding hydrogens is 412 g/mol. The standard InChI is InChI=1S/C16H18N2O6S3/c1-3-17(27(23,24)15-7-5-4-6-13(15)18(19)20)14-10-11(2)26(21,22)16-12(14)8-9-25-16/h4-9,11,14H,3,10H2,1-2H3/t11-,14-/m1/s1. The van der Waals surface area contributed by atoms with Crippen molar-refractivity contribution in [3.05, 3.63) is 51.4 Å². The predicted octanol–water partition coefficient (Wildman–Crippen LogP) is 2.97. The van der Waals surface area contributed by atoms with Gasteiger partial charge >= 0.3 is 0 Å². The molecule has 1 aliphatic heterocycles. The summed E-state index contributed by atoms with van der Waals surface area (Å²) in [6.07, 6.45) is 0.0970. The van der Waals surface area contributed by atoms with Crippen LogP contribution in [0.4, 0.5) is 5.69 Å². The van der Waals surface area contributed by atoms with Crippen molar-refractivity contribution in [1.29, 1.82) is 0 Å². The second kappa shape index (κ2) is 6.97. The van der Waals surface area contributed by atoms with Crippen LogP contribution in [0.1, 0.15) is 31.9 Å². The third kappa shape index (κ3) is 3.18. The van der Waals surface area contributed by atoms with E-state index in [1.165, 1.54) is 18.2 Å². The number of nitrogens with zero attached hydrogens (tertiary/aromatic N) is 2. The van der Waals surface area contributed by atoms with Gasteiger partial charge in [-0.05, 0) is 36.4 Å². The van der Waals surface area contributed by atoms with Crippen LogP contribution in [0.5, 0.6) is 0 Å². The molecule has 0 spiro atoms. The zero-order valence-corrected chi connectivity index (χ0v) is 17.1. The first kappa shape index (κ1) is 19.9. The molecule has 0 aliphatic carbocycles. The number of rotatable bonds is 5. The normalized spacial score (nSPS) is 21.7. The highest BCUT2D eigenvalue weighted by atomic mass is 32.2. The SMILES string of the molecule is CCN([C@@H]1C[C@@H](C)S(=O)(=O)c2sccc21)S(=O)(=O)c1ccccc1[N+](=O)[O-]. The van der Waals surface area contributed by atoms with E-state index in [1.54, 1.807) is 25.3 Å². The number of fused-ring (bicyclic) bond motifs is 1. The van der Waals surface area contributed by atoms with Gasteiger partial charge in [-0.2, -0.15) is 4.31 Å². The first-order valence-electron chi connectivity index (χ1n) is 8.19. The minimum Gasteiger partial charge on any atom is -0.258 e. The number of thiophene rings is 1. The van der Waals surface area contributed by atoms with Crippen LogP contribution in [0.2, 0.25) is 0 Å². The molecule has 146 valence electrons. The molecule has 8 nitrogen and oxygen atoms in total. The van der Waals surface area contributed by atoms with Crippen molar-refractivity contribution in [1.82, 2.24) is 4.31 Å². The van der Waals surface area contributed by atoms with Crippen LogP contribution in [-0.2, 0) is 19.9 Å². The van der Waals surface area contributed by atoms with Crippen LogP contribution < -0.4 is 0 Å². The summed E-state index contributed by atoms with van der Waals surface area (Å²) < 4.78 is 52.9. The smallest absolute Gasteiger partial charge is 0.258 e. The second-order valence-electron chi connectivity index (χ2n) is 6.20. The topological polar surface area (TPSA) is 115 Å².